The summed E-state index contributed by atoms with van der Waals surface area (Å²) in [5, 5.41) is 9.79. The zero-order valence-electron chi connectivity index (χ0n) is 11.8. The topological polar surface area (TPSA) is 56.6 Å². The minimum Gasteiger partial charge on any atom is -0.321 e. The lowest BCUT2D eigenvalue weighted by molar-refractivity contribution is 0.628. The molecule has 1 N–H and O–H groups in total. The van der Waals surface area contributed by atoms with Crippen LogP contribution in [0.5, 0.6) is 0 Å². The van der Waals surface area contributed by atoms with E-state index in [1.807, 2.05) is 6.07 Å². The van der Waals surface area contributed by atoms with Crippen LogP contribution in [0.15, 0.2) is 59.4 Å². The van der Waals surface area contributed by atoms with Gasteiger partial charge in [-0.3, -0.25) is 4.79 Å². The molecule has 1 heterocycles. The molecule has 0 aliphatic carbocycles. The Kier molecular flexibility index (Phi) is 3.96. The van der Waals surface area contributed by atoms with Crippen molar-refractivity contribution >= 4 is 11.6 Å². The number of aromatic amines is 1. The Bertz CT molecular complexity index is 972. The van der Waals surface area contributed by atoms with Gasteiger partial charge < -0.3 is 4.98 Å². The lowest BCUT2D eigenvalue weighted by Gasteiger charge is -2.08. The maximum Gasteiger partial charge on any atom is 0.266 e. The second kappa shape index (κ2) is 6.07. The van der Waals surface area contributed by atoms with Gasteiger partial charge in [-0.05, 0) is 41.5 Å². The van der Waals surface area contributed by atoms with Crippen molar-refractivity contribution in [1.82, 2.24) is 4.98 Å². The number of nitriles is 1. The molecule has 0 radical (unpaired) electrons. The average molecular weight is 325 g/mol. The summed E-state index contributed by atoms with van der Waals surface area (Å²) in [6.07, 6.45) is 0. The van der Waals surface area contributed by atoms with Crippen LogP contribution in [0.2, 0.25) is 5.02 Å². The molecule has 3 aromatic rings. The van der Waals surface area contributed by atoms with E-state index >= 15 is 0 Å². The molecule has 0 atom stereocenters. The van der Waals surface area contributed by atoms with E-state index in [4.69, 9.17) is 11.6 Å². The predicted molar refractivity (Wildman–Crippen MR) is 87.6 cm³/mol. The van der Waals surface area contributed by atoms with Crippen molar-refractivity contribution in [3.8, 4) is 28.5 Å². The van der Waals surface area contributed by atoms with Crippen molar-refractivity contribution in [2.24, 2.45) is 0 Å². The highest BCUT2D eigenvalue weighted by molar-refractivity contribution is 6.30. The third-order valence-corrected chi connectivity index (χ3v) is 3.67. The minimum atomic E-state index is -0.496. The van der Waals surface area contributed by atoms with Crippen molar-refractivity contribution in [2.75, 3.05) is 0 Å². The summed E-state index contributed by atoms with van der Waals surface area (Å²) in [6, 6.07) is 16.3. The molecule has 0 saturated carbocycles. The fraction of sp³-hybridized carbons (Fsp3) is 0. The Labute approximate surface area is 136 Å². The van der Waals surface area contributed by atoms with Gasteiger partial charge in [-0.25, -0.2) is 4.39 Å². The molecular formula is C18H10ClFN2O. The number of hydrogen-bond acceptors (Lipinski definition) is 2. The molecule has 5 heteroatoms. The highest BCUT2D eigenvalue weighted by Gasteiger charge is 2.12. The number of nitrogens with one attached hydrogen (secondary N) is 1. The molecule has 0 amide bonds. The first-order chi connectivity index (χ1) is 11.1. The van der Waals surface area contributed by atoms with Crippen LogP contribution >= 0.6 is 11.6 Å². The first-order valence-electron chi connectivity index (χ1n) is 6.78. The number of hydrogen-bond donors (Lipinski definition) is 1. The van der Waals surface area contributed by atoms with Crippen LogP contribution in [0.3, 0.4) is 0 Å². The Morgan fingerprint density at radius 3 is 2.43 bits per heavy atom. The van der Waals surface area contributed by atoms with E-state index in [1.165, 1.54) is 24.3 Å². The van der Waals surface area contributed by atoms with E-state index in [-0.39, 0.29) is 11.4 Å². The number of rotatable bonds is 2. The second-order valence-corrected chi connectivity index (χ2v) is 5.37. The Balaban J connectivity index is 2.24. The number of aromatic nitrogens is 1. The number of H-pyrrole nitrogens is 1. The summed E-state index contributed by atoms with van der Waals surface area (Å²) in [7, 11) is 0. The molecule has 0 aliphatic rings. The highest BCUT2D eigenvalue weighted by Crippen LogP contribution is 2.27. The van der Waals surface area contributed by atoms with Crippen LogP contribution in [-0.2, 0) is 0 Å². The molecule has 0 fully saturated rings. The fourth-order valence-corrected chi connectivity index (χ4v) is 2.53. The van der Waals surface area contributed by atoms with Gasteiger partial charge in [0.25, 0.3) is 5.56 Å². The van der Waals surface area contributed by atoms with Crippen LogP contribution in [0.25, 0.3) is 22.4 Å². The maximum atomic E-state index is 13.1. The van der Waals surface area contributed by atoms with Gasteiger partial charge in [-0.15, -0.1) is 0 Å². The molecule has 0 saturated heterocycles. The van der Waals surface area contributed by atoms with E-state index in [2.05, 4.69) is 4.98 Å². The number of benzene rings is 2. The first-order valence-corrected chi connectivity index (χ1v) is 7.15. The molecule has 1 aromatic heterocycles. The van der Waals surface area contributed by atoms with E-state index in [0.717, 1.165) is 5.56 Å². The molecule has 0 aliphatic heterocycles. The lowest BCUT2D eigenvalue weighted by Crippen LogP contribution is -2.12. The van der Waals surface area contributed by atoms with Crippen molar-refractivity contribution in [1.29, 1.82) is 5.26 Å². The predicted octanol–water partition coefficient (Wildman–Crippen LogP) is 4.37. The van der Waals surface area contributed by atoms with Gasteiger partial charge in [0.1, 0.15) is 17.4 Å². The SMILES string of the molecule is N#Cc1c(-c2ccc(F)cc2)cc(-c2cccc(Cl)c2)[nH]c1=O. The fourth-order valence-electron chi connectivity index (χ4n) is 2.34. The average Bonchev–Trinajstić information content (AvgIpc) is 2.55. The Morgan fingerprint density at radius 2 is 1.78 bits per heavy atom. The summed E-state index contributed by atoms with van der Waals surface area (Å²) in [6.45, 7) is 0. The van der Waals surface area contributed by atoms with E-state index in [1.54, 1.807) is 30.3 Å². The van der Waals surface area contributed by atoms with Crippen LogP contribution < -0.4 is 5.56 Å². The number of halogens is 2. The summed E-state index contributed by atoms with van der Waals surface area (Å²) in [5.74, 6) is -0.382. The van der Waals surface area contributed by atoms with E-state index in [0.29, 0.717) is 21.8 Å². The standard InChI is InChI=1S/C18H10ClFN2O/c19-13-3-1-2-12(8-13)17-9-15(16(10-21)18(23)22-17)11-4-6-14(20)7-5-11/h1-9H,(H,22,23). The second-order valence-electron chi connectivity index (χ2n) is 4.93. The van der Waals surface area contributed by atoms with E-state index in [9.17, 15) is 14.4 Å². The van der Waals surface area contributed by atoms with Gasteiger partial charge in [-0.1, -0.05) is 35.9 Å². The summed E-state index contributed by atoms with van der Waals surface area (Å²) in [4.78, 5) is 14.9. The van der Waals surface area contributed by atoms with Gasteiger partial charge >= 0.3 is 0 Å². The quantitative estimate of drug-likeness (QED) is 0.760. The monoisotopic (exact) mass is 324 g/mol. The van der Waals surface area contributed by atoms with Gasteiger partial charge in [-0.2, -0.15) is 5.26 Å². The van der Waals surface area contributed by atoms with Crippen molar-refractivity contribution in [3.63, 3.8) is 0 Å². The lowest BCUT2D eigenvalue weighted by atomic mass is 9.99. The van der Waals surface area contributed by atoms with Crippen LogP contribution in [0.4, 0.5) is 4.39 Å². The zero-order valence-corrected chi connectivity index (χ0v) is 12.6. The smallest absolute Gasteiger partial charge is 0.266 e. The molecule has 112 valence electrons. The summed E-state index contributed by atoms with van der Waals surface area (Å²) in [5.41, 5.74) is 1.80. The van der Waals surface area contributed by atoms with E-state index < -0.39 is 5.56 Å². The van der Waals surface area contributed by atoms with Crippen molar-refractivity contribution in [3.05, 3.63) is 81.4 Å². The molecule has 3 nitrogen and oxygen atoms in total. The Morgan fingerprint density at radius 1 is 1.04 bits per heavy atom. The zero-order chi connectivity index (χ0) is 16.4. The van der Waals surface area contributed by atoms with Gasteiger partial charge in [0, 0.05) is 16.3 Å². The first kappa shape index (κ1) is 15.0. The van der Waals surface area contributed by atoms with Crippen molar-refractivity contribution in [2.45, 2.75) is 0 Å². The van der Waals surface area contributed by atoms with Gasteiger partial charge in [0.05, 0.1) is 0 Å². The minimum absolute atomic E-state index is 0.0117. The molecule has 23 heavy (non-hydrogen) atoms. The van der Waals surface area contributed by atoms with Crippen LogP contribution in [-0.4, -0.2) is 4.98 Å². The third kappa shape index (κ3) is 3.01. The Hall–Kier alpha value is -2.90. The normalized spacial score (nSPS) is 10.3. The van der Waals surface area contributed by atoms with Crippen LogP contribution in [0.1, 0.15) is 5.56 Å². The number of pyridine rings is 1. The molecule has 3 rings (SSSR count). The maximum absolute atomic E-state index is 13.1. The molecular weight excluding hydrogens is 315 g/mol. The third-order valence-electron chi connectivity index (χ3n) is 3.44. The van der Waals surface area contributed by atoms with Gasteiger partial charge in [0.2, 0.25) is 0 Å². The largest absolute Gasteiger partial charge is 0.321 e. The molecule has 0 unspecified atom stereocenters. The van der Waals surface area contributed by atoms with Gasteiger partial charge in [0.15, 0.2) is 0 Å². The summed E-state index contributed by atoms with van der Waals surface area (Å²) >= 11 is 5.98. The van der Waals surface area contributed by atoms with Crippen molar-refractivity contribution < 1.29 is 4.39 Å². The molecule has 0 bridgehead atoms. The highest BCUT2D eigenvalue weighted by atomic mass is 35.5. The molecule has 2 aromatic carbocycles. The summed E-state index contributed by atoms with van der Waals surface area (Å²) < 4.78 is 13.1. The number of nitrogens with zero attached hydrogens (tertiary/aromatic N) is 1. The van der Waals surface area contributed by atoms with Crippen LogP contribution in [0, 0.1) is 17.1 Å². The molecule has 0 spiro atoms.